The van der Waals surface area contributed by atoms with Gasteiger partial charge in [-0.05, 0) is 0 Å². The molecule has 2 aliphatic carbocycles. The maximum absolute atomic E-state index is 4.08. The monoisotopic (exact) mass is 865 g/mol. The summed E-state index contributed by atoms with van der Waals surface area (Å²) in [4.78, 5) is 10.8. The summed E-state index contributed by atoms with van der Waals surface area (Å²) < 4.78 is 4.73. The van der Waals surface area contributed by atoms with Gasteiger partial charge in [0.2, 0.25) is 0 Å². The van der Waals surface area contributed by atoms with E-state index in [0.29, 0.717) is 0 Å². The Morgan fingerprint density at radius 3 is 1.15 bits per heavy atom. The second-order valence-corrected chi connectivity index (χ2v) is 28.9. The topological polar surface area (TPSA) is 9.72 Å². The van der Waals surface area contributed by atoms with E-state index in [0.717, 1.165) is 0 Å². The van der Waals surface area contributed by atoms with Gasteiger partial charge in [0.05, 0.1) is 0 Å². The van der Waals surface area contributed by atoms with E-state index in [1.807, 2.05) is 0 Å². The average Bonchev–Trinajstić information content (AvgIpc) is 3.64. The molecule has 59 heavy (non-hydrogen) atoms. The van der Waals surface area contributed by atoms with Crippen LogP contribution in [0.2, 0.25) is 4.94 Å². The molecule has 3 nitrogen and oxygen atoms in total. The molecular formula is C55H43N3Sn. The summed E-state index contributed by atoms with van der Waals surface area (Å²) in [5.41, 5.74) is 22.4. The van der Waals surface area contributed by atoms with Crippen molar-refractivity contribution in [3.05, 3.63) is 192 Å². The fourth-order valence-electron chi connectivity index (χ4n) is 12.3. The fraction of sp³-hybridized carbons (Fsp3) is 0.127. The summed E-state index contributed by atoms with van der Waals surface area (Å²) in [6, 6.07) is 64.4. The molecule has 3 heterocycles. The molecule has 0 amide bonds. The molecule has 282 valence electrons. The van der Waals surface area contributed by atoms with Crippen LogP contribution >= 0.6 is 0 Å². The SMILES string of the molecule is CC1(C)c2ccccc2-c2cc3[c]4c(c21)N(c1ccccc1)c1c2c(cc5[c]1[Sn]4([CH3])[c]1c(cccc1N5c1ccccc1)N3c1ccccc1)-c1ccccc1C2(C)C. The minimum absolute atomic E-state index is 0.232. The molecule has 0 saturated carbocycles. The number of fused-ring (bicyclic) bond motifs is 8. The molecule has 5 aliphatic rings. The van der Waals surface area contributed by atoms with Crippen LogP contribution in [0.15, 0.2) is 170 Å². The van der Waals surface area contributed by atoms with Crippen molar-refractivity contribution in [1.29, 1.82) is 0 Å². The number of hydrogen-bond donors (Lipinski definition) is 0. The fourth-order valence-corrected chi connectivity index (χ4v) is 26.5. The van der Waals surface area contributed by atoms with Gasteiger partial charge in [0.15, 0.2) is 0 Å². The average molecular weight is 865 g/mol. The van der Waals surface area contributed by atoms with Crippen LogP contribution in [-0.2, 0) is 10.8 Å². The minimum atomic E-state index is -4.08. The van der Waals surface area contributed by atoms with Crippen LogP contribution in [-0.4, -0.2) is 18.4 Å². The molecule has 4 heteroatoms. The van der Waals surface area contributed by atoms with Gasteiger partial charge in [-0.1, -0.05) is 0 Å². The van der Waals surface area contributed by atoms with Gasteiger partial charge < -0.3 is 0 Å². The molecule has 0 N–H and O–H groups in total. The summed E-state index contributed by atoms with van der Waals surface area (Å²) in [5.74, 6) is 0. The Balaban J connectivity index is 1.30. The second-order valence-electron chi connectivity index (χ2n) is 18.2. The maximum atomic E-state index is 2.78. The van der Waals surface area contributed by atoms with Gasteiger partial charge in [0, 0.05) is 0 Å². The van der Waals surface area contributed by atoms with Crippen molar-refractivity contribution < 1.29 is 0 Å². The van der Waals surface area contributed by atoms with E-state index in [-0.39, 0.29) is 10.8 Å². The Labute approximate surface area is 350 Å². The van der Waals surface area contributed by atoms with Crippen molar-refractivity contribution in [1.82, 2.24) is 0 Å². The molecule has 13 rings (SSSR count). The van der Waals surface area contributed by atoms with Gasteiger partial charge in [-0.3, -0.25) is 0 Å². The molecule has 0 spiro atoms. The standard InChI is InChI=1S/C54H40N3.CH3.Sn/c1-53(2)47-29-16-14-27-43(47)45-32-41-34-49(51(45)53)57(38-23-12-7-13-24-38)50-35-42(33-46-44-28-15-17-30-48(44)54(3,4)52(46)50)56(37-21-10-6-11-22-37)40-26-18-25-39(31-40)55(41)36-19-8-5-9-20-36;;/h5-30,32-33H,1-4H3;1H3;. The summed E-state index contributed by atoms with van der Waals surface area (Å²) >= 11 is -4.08. The van der Waals surface area contributed by atoms with Crippen molar-refractivity contribution in [3.63, 3.8) is 0 Å². The predicted octanol–water partition coefficient (Wildman–Crippen LogP) is 12.7. The predicted molar refractivity (Wildman–Crippen MR) is 250 cm³/mol. The van der Waals surface area contributed by atoms with E-state index < -0.39 is 18.4 Å². The molecule has 0 bridgehead atoms. The summed E-state index contributed by atoms with van der Waals surface area (Å²) in [5, 5.41) is 0. The van der Waals surface area contributed by atoms with Gasteiger partial charge in [-0.2, -0.15) is 0 Å². The molecule has 0 aromatic heterocycles. The Morgan fingerprint density at radius 1 is 0.356 bits per heavy atom. The summed E-state index contributed by atoms with van der Waals surface area (Å²) in [6.07, 6.45) is 0. The summed E-state index contributed by atoms with van der Waals surface area (Å²) in [7, 11) is 0. The van der Waals surface area contributed by atoms with Crippen molar-refractivity contribution in [3.8, 4) is 22.3 Å². The number of nitrogens with zero attached hydrogens (tertiary/aromatic N) is 3. The van der Waals surface area contributed by atoms with E-state index in [4.69, 9.17) is 0 Å². The molecular weight excluding hydrogens is 821 g/mol. The number of para-hydroxylation sites is 3. The van der Waals surface area contributed by atoms with Crippen LogP contribution in [0.3, 0.4) is 0 Å². The molecule has 0 unspecified atom stereocenters. The van der Waals surface area contributed by atoms with E-state index in [1.165, 1.54) is 95.7 Å². The number of hydrogen-bond acceptors (Lipinski definition) is 3. The van der Waals surface area contributed by atoms with Crippen LogP contribution < -0.4 is 25.4 Å². The zero-order chi connectivity index (χ0) is 39.6. The third-order valence-corrected chi connectivity index (χ3v) is 27.4. The van der Waals surface area contributed by atoms with Crippen molar-refractivity contribution >= 4 is 80.3 Å². The molecule has 3 aliphatic heterocycles. The van der Waals surface area contributed by atoms with E-state index in [2.05, 4.69) is 217 Å². The van der Waals surface area contributed by atoms with E-state index in [1.54, 1.807) is 10.7 Å². The third-order valence-electron chi connectivity index (χ3n) is 14.6. The Kier molecular flexibility index (Phi) is 6.53. The number of benzene rings is 8. The number of rotatable bonds is 3. The van der Waals surface area contributed by atoms with Crippen LogP contribution in [0.4, 0.5) is 51.2 Å². The Bertz CT molecular complexity index is 2950. The molecule has 0 atom stereocenters. The first-order valence-corrected chi connectivity index (χ1v) is 28.2. The van der Waals surface area contributed by atoms with Gasteiger partial charge in [0.25, 0.3) is 0 Å². The van der Waals surface area contributed by atoms with Crippen LogP contribution in [0.25, 0.3) is 22.3 Å². The number of anilines is 9. The van der Waals surface area contributed by atoms with Gasteiger partial charge in [-0.25, -0.2) is 0 Å². The first kappa shape index (κ1) is 33.9. The Hall–Kier alpha value is -6.04. The van der Waals surface area contributed by atoms with Crippen molar-refractivity contribution in [2.45, 2.75) is 43.5 Å². The molecule has 0 fully saturated rings. The van der Waals surface area contributed by atoms with Crippen molar-refractivity contribution in [2.24, 2.45) is 0 Å². The Morgan fingerprint density at radius 2 is 0.729 bits per heavy atom. The summed E-state index contributed by atoms with van der Waals surface area (Å²) in [6.45, 7) is 9.92. The van der Waals surface area contributed by atoms with Gasteiger partial charge >= 0.3 is 353 Å². The zero-order valence-corrected chi connectivity index (χ0v) is 36.9. The van der Waals surface area contributed by atoms with Crippen LogP contribution in [0.5, 0.6) is 0 Å². The molecule has 0 saturated heterocycles. The molecule has 8 aromatic rings. The van der Waals surface area contributed by atoms with Crippen LogP contribution in [0.1, 0.15) is 49.9 Å². The normalized spacial score (nSPS) is 16.9. The van der Waals surface area contributed by atoms with Gasteiger partial charge in [-0.15, -0.1) is 0 Å². The zero-order valence-electron chi connectivity index (χ0n) is 34.0. The van der Waals surface area contributed by atoms with Crippen molar-refractivity contribution in [2.75, 3.05) is 14.7 Å². The second kappa shape index (κ2) is 11.4. The van der Waals surface area contributed by atoms with E-state index in [9.17, 15) is 0 Å². The van der Waals surface area contributed by atoms with Gasteiger partial charge in [0.1, 0.15) is 0 Å². The molecule has 8 aromatic carbocycles. The van der Waals surface area contributed by atoms with E-state index >= 15 is 0 Å². The first-order chi connectivity index (χ1) is 28.7. The van der Waals surface area contributed by atoms with Crippen LogP contribution in [0, 0.1) is 0 Å². The molecule has 0 radical (unpaired) electrons. The third kappa shape index (κ3) is 4.00. The quantitative estimate of drug-likeness (QED) is 0.164. The first-order valence-electron chi connectivity index (χ1n) is 21.0.